The van der Waals surface area contributed by atoms with Gasteiger partial charge >= 0.3 is 0 Å². The zero-order valence-electron chi connectivity index (χ0n) is 16.1. The first-order valence-electron chi connectivity index (χ1n) is 9.02. The molecule has 152 valence electrons. The molecule has 0 radical (unpaired) electrons. The molecule has 0 saturated heterocycles. The van der Waals surface area contributed by atoms with E-state index in [1.807, 2.05) is 37.3 Å². The van der Waals surface area contributed by atoms with Crippen molar-refractivity contribution in [1.82, 2.24) is 14.5 Å². The average molecular weight is 431 g/mol. The van der Waals surface area contributed by atoms with Crippen LogP contribution in [0.3, 0.4) is 0 Å². The summed E-state index contributed by atoms with van der Waals surface area (Å²) in [6.45, 7) is 1.98. The maximum Gasteiger partial charge on any atom is 0.242 e. The van der Waals surface area contributed by atoms with Crippen molar-refractivity contribution in [2.24, 2.45) is 0 Å². The molecule has 0 aliphatic carbocycles. The number of aryl methyl sites for hydroxylation is 1. The Labute approximate surface area is 174 Å². The molecule has 1 aromatic heterocycles. The summed E-state index contributed by atoms with van der Waals surface area (Å²) in [6, 6.07) is 17.7. The molecule has 3 aromatic rings. The lowest BCUT2D eigenvalue weighted by molar-refractivity contribution is -0.116. The summed E-state index contributed by atoms with van der Waals surface area (Å²) in [5.41, 5.74) is 0.895. The van der Waals surface area contributed by atoms with Crippen LogP contribution in [0.5, 0.6) is 0 Å². The van der Waals surface area contributed by atoms with Gasteiger partial charge in [0, 0.05) is 25.9 Å². The molecule has 1 atom stereocenters. The van der Waals surface area contributed by atoms with Gasteiger partial charge in [0.2, 0.25) is 21.1 Å². The highest BCUT2D eigenvalue weighted by atomic mass is 32.2. The molecule has 0 aliphatic heterocycles. The van der Waals surface area contributed by atoms with E-state index in [1.54, 1.807) is 30.3 Å². The highest BCUT2D eigenvalue weighted by Crippen LogP contribution is 2.25. The number of sulfonamides is 1. The number of amides is 1. The van der Waals surface area contributed by atoms with Gasteiger partial charge in [0.25, 0.3) is 0 Å². The minimum absolute atomic E-state index is 0.122. The Morgan fingerprint density at radius 1 is 1.07 bits per heavy atom. The molecule has 7 nitrogen and oxygen atoms in total. The van der Waals surface area contributed by atoms with E-state index < -0.39 is 10.0 Å². The minimum Gasteiger partial charge on any atom is -0.301 e. The van der Waals surface area contributed by atoms with Crippen LogP contribution in [0.25, 0.3) is 0 Å². The summed E-state index contributed by atoms with van der Waals surface area (Å²) in [5.74, 6) is -0.547. The van der Waals surface area contributed by atoms with Gasteiger partial charge in [-0.05, 0) is 24.6 Å². The van der Waals surface area contributed by atoms with Crippen LogP contribution in [0.15, 0.2) is 65.6 Å². The third kappa shape index (κ3) is 5.47. The molecule has 1 N–H and O–H groups in total. The van der Waals surface area contributed by atoms with Gasteiger partial charge in [-0.3, -0.25) is 4.79 Å². The van der Waals surface area contributed by atoms with Crippen molar-refractivity contribution in [3.05, 3.63) is 71.2 Å². The third-order valence-electron chi connectivity index (χ3n) is 4.40. The predicted molar refractivity (Wildman–Crippen MR) is 113 cm³/mol. The van der Waals surface area contributed by atoms with Crippen LogP contribution in [0.4, 0.5) is 5.13 Å². The number of aromatic nitrogens is 2. The first-order valence-corrected chi connectivity index (χ1v) is 11.3. The van der Waals surface area contributed by atoms with Crippen LogP contribution < -0.4 is 5.32 Å². The molecule has 0 spiro atoms. The maximum absolute atomic E-state index is 12.9. The van der Waals surface area contributed by atoms with E-state index in [0.717, 1.165) is 10.6 Å². The van der Waals surface area contributed by atoms with Gasteiger partial charge in [0.1, 0.15) is 5.01 Å². The van der Waals surface area contributed by atoms with E-state index in [0.29, 0.717) is 5.13 Å². The SMILES string of the molecule is Cc1nnc(NC(=O)C[C@H](CN(C)S(=O)(=O)c2ccccc2)c2ccccc2)s1. The van der Waals surface area contributed by atoms with Crippen LogP contribution in [-0.2, 0) is 14.8 Å². The van der Waals surface area contributed by atoms with Crippen molar-refractivity contribution >= 4 is 32.4 Å². The standard InChI is InChI=1S/C20H22N4O3S2/c1-15-22-23-20(28-15)21-19(25)13-17(16-9-5-3-6-10-16)14-24(2)29(26,27)18-11-7-4-8-12-18/h3-12,17H,13-14H2,1-2H3,(H,21,23,25)/t17-/m1/s1. The van der Waals surface area contributed by atoms with Crippen molar-refractivity contribution in [2.45, 2.75) is 24.2 Å². The fourth-order valence-corrected chi connectivity index (χ4v) is 4.78. The van der Waals surface area contributed by atoms with E-state index in [9.17, 15) is 13.2 Å². The van der Waals surface area contributed by atoms with Crippen molar-refractivity contribution in [1.29, 1.82) is 0 Å². The zero-order valence-corrected chi connectivity index (χ0v) is 17.8. The first kappa shape index (κ1) is 21.1. The minimum atomic E-state index is -3.65. The van der Waals surface area contributed by atoms with Crippen LogP contribution >= 0.6 is 11.3 Å². The molecule has 29 heavy (non-hydrogen) atoms. The number of benzene rings is 2. The monoisotopic (exact) mass is 430 g/mol. The lowest BCUT2D eigenvalue weighted by atomic mass is 9.95. The van der Waals surface area contributed by atoms with Gasteiger partial charge in [-0.2, -0.15) is 0 Å². The molecule has 3 rings (SSSR count). The molecule has 0 aliphatic rings. The molecule has 0 unspecified atom stereocenters. The summed E-state index contributed by atoms with van der Waals surface area (Å²) < 4.78 is 27.1. The number of likely N-dealkylation sites (N-methyl/N-ethyl adjacent to an activating group) is 1. The molecule has 2 aromatic carbocycles. The second-order valence-electron chi connectivity index (χ2n) is 6.58. The Kier molecular flexibility index (Phi) is 6.73. The van der Waals surface area contributed by atoms with Gasteiger partial charge < -0.3 is 5.32 Å². The molecule has 0 saturated carbocycles. The highest BCUT2D eigenvalue weighted by Gasteiger charge is 2.26. The Balaban J connectivity index is 1.78. The van der Waals surface area contributed by atoms with E-state index in [4.69, 9.17) is 0 Å². The number of hydrogen-bond acceptors (Lipinski definition) is 6. The van der Waals surface area contributed by atoms with Crippen LogP contribution in [0, 0.1) is 6.92 Å². The Morgan fingerprint density at radius 2 is 1.69 bits per heavy atom. The lowest BCUT2D eigenvalue weighted by Gasteiger charge is -2.24. The molecule has 0 bridgehead atoms. The average Bonchev–Trinajstić information content (AvgIpc) is 3.13. The number of nitrogens with zero attached hydrogens (tertiary/aromatic N) is 3. The fourth-order valence-electron chi connectivity index (χ4n) is 2.94. The smallest absolute Gasteiger partial charge is 0.242 e. The molecular weight excluding hydrogens is 408 g/mol. The number of carbonyl (C=O) groups excluding carboxylic acids is 1. The number of carbonyl (C=O) groups is 1. The number of nitrogens with one attached hydrogen (secondary N) is 1. The topological polar surface area (TPSA) is 92.3 Å². The summed E-state index contributed by atoms with van der Waals surface area (Å²) in [6.07, 6.45) is 0.122. The molecule has 0 fully saturated rings. The Hall–Kier alpha value is -2.62. The number of hydrogen-bond donors (Lipinski definition) is 1. The Bertz CT molecular complexity index is 1050. The molecule has 1 heterocycles. The molecular formula is C20H22N4O3S2. The predicted octanol–water partition coefficient (Wildman–Crippen LogP) is 3.28. The van der Waals surface area contributed by atoms with Gasteiger partial charge in [-0.15, -0.1) is 10.2 Å². The summed E-state index contributed by atoms with van der Waals surface area (Å²) >= 11 is 1.29. The lowest BCUT2D eigenvalue weighted by Crippen LogP contribution is -2.32. The Morgan fingerprint density at radius 3 is 2.28 bits per heavy atom. The van der Waals surface area contributed by atoms with Gasteiger partial charge in [0.15, 0.2) is 0 Å². The normalized spacial score (nSPS) is 12.7. The third-order valence-corrected chi connectivity index (χ3v) is 7.00. The van der Waals surface area contributed by atoms with E-state index in [2.05, 4.69) is 15.5 Å². The van der Waals surface area contributed by atoms with Crippen LogP contribution in [-0.4, -0.2) is 42.4 Å². The largest absolute Gasteiger partial charge is 0.301 e. The maximum atomic E-state index is 12.9. The van der Waals surface area contributed by atoms with Gasteiger partial charge in [-0.25, -0.2) is 12.7 Å². The van der Waals surface area contributed by atoms with Crippen molar-refractivity contribution in [3.63, 3.8) is 0 Å². The second-order valence-corrected chi connectivity index (χ2v) is 9.81. The van der Waals surface area contributed by atoms with Crippen LogP contribution in [0.2, 0.25) is 0 Å². The quantitative estimate of drug-likeness (QED) is 0.592. The zero-order chi connectivity index (χ0) is 20.9. The summed E-state index contributed by atoms with van der Waals surface area (Å²) in [5, 5.41) is 11.7. The van der Waals surface area contributed by atoms with Gasteiger partial charge in [0.05, 0.1) is 4.90 Å². The van der Waals surface area contributed by atoms with Crippen molar-refractivity contribution in [3.8, 4) is 0 Å². The van der Waals surface area contributed by atoms with E-state index >= 15 is 0 Å². The van der Waals surface area contributed by atoms with E-state index in [-0.39, 0.29) is 29.7 Å². The number of rotatable bonds is 8. The van der Waals surface area contributed by atoms with Crippen molar-refractivity contribution in [2.75, 3.05) is 18.9 Å². The number of anilines is 1. The molecule has 1 amide bonds. The van der Waals surface area contributed by atoms with E-state index in [1.165, 1.54) is 22.7 Å². The molecule has 9 heteroatoms. The summed E-state index contributed by atoms with van der Waals surface area (Å²) in [7, 11) is -2.12. The van der Waals surface area contributed by atoms with Gasteiger partial charge in [-0.1, -0.05) is 59.9 Å². The van der Waals surface area contributed by atoms with Crippen LogP contribution in [0.1, 0.15) is 22.9 Å². The second kappa shape index (κ2) is 9.25. The van der Waals surface area contributed by atoms with Crippen molar-refractivity contribution < 1.29 is 13.2 Å². The summed E-state index contributed by atoms with van der Waals surface area (Å²) in [4.78, 5) is 12.8. The fraction of sp³-hybridized carbons (Fsp3) is 0.250. The highest BCUT2D eigenvalue weighted by molar-refractivity contribution is 7.89. The first-order chi connectivity index (χ1) is 13.9.